The lowest BCUT2D eigenvalue weighted by Gasteiger charge is -2.58. The van der Waals surface area contributed by atoms with Gasteiger partial charge in [-0.25, -0.2) is 4.79 Å². The van der Waals surface area contributed by atoms with Crippen LogP contribution in [0.3, 0.4) is 0 Å². The Labute approximate surface area is 215 Å². The molecule has 198 valence electrons. The number of carbonyl (C=O) groups excluding carboxylic acids is 3. The molecule has 4 aliphatic carbocycles. The number of fused-ring (bicyclic) bond motifs is 5. The number of carbonyl (C=O) groups is 3. The van der Waals surface area contributed by atoms with E-state index in [1.165, 1.54) is 38.4 Å². The largest absolute Gasteiger partial charge is 0.467 e. The van der Waals surface area contributed by atoms with Gasteiger partial charge in [-0.1, -0.05) is 24.6 Å². The highest BCUT2D eigenvalue weighted by atomic mass is 16.6. The van der Waals surface area contributed by atoms with Gasteiger partial charge in [-0.05, 0) is 106 Å². The van der Waals surface area contributed by atoms with Gasteiger partial charge in [0.2, 0.25) is 0 Å². The first-order chi connectivity index (χ1) is 17.2. The van der Waals surface area contributed by atoms with Crippen LogP contribution in [0.4, 0.5) is 0 Å². The third-order valence-corrected chi connectivity index (χ3v) is 10.9. The molecule has 1 heterocycles. The number of likely N-dealkylation sites (tertiary alicyclic amines) is 1. The summed E-state index contributed by atoms with van der Waals surface area (Å²) in [6, 6.07) is -0.505. The van der Waals surface area contributed by atoms with Crippen LogP contribution in [0.25, 0.3) is 0 Å². The Morgan fingerprint density at radius 3 is 2.61 bits per heavy atom. The molecule has 0 aromatic carbocycles. The average molecular weight is 499 g/mol. The van der Waals surface area contributed by atoms with E-state index in [1.807, 2.05) is 0 Å². The molecule has 0 aromatic heterocycles. The van der Waals surface area contributed by atoms with Crippen molar-refractivity contribution >= 4 is 23.4 Å². The zero-order chi connectivity index (χ0) is 25.7. The summed E-state index contributed by atoms with van der Waals surface area (Å²) >= 11 is 0. The van der Waals surface area contributed by atoms with Gasteiger partial charge in [0.05, 0.1) is 12.8 Å². The van der Waals surface area contributed by atoms with E-state index in [9.17, 15) is 14.4 Å². The molecule has 1 amide bonds. The van der Waals surface area contributed by atoms with Gasteiger partial charge in [0.1, 0.15) is 11.8 Å². The summed E-state index contributed by atoms with van der Waals surface area (Å²) < 4.78 is 4.83. The van der Waals surface area contributed by atoms with Crippen molar-refractivity contribution in [2.45, 2.75) is 91.0 Å². The molecule has 7 atom stereocenters. The van der Waals surface area contributed by atoms with Gasteiger partial charge in [0, 0.05) is 12.5 Å². The van der Waals surface area contributed by atoms with Crippen molar-refractivity contribution in [2.75, 3.05) is 20.3 Å². The van der Waals surface area contributed by atoms with Gasteiger partial charge < -0.3 is 14.5 Å². The van der Waals surface area contributed by atoms with Crippen molar-refractivity contribution < 1.29 is 24.0 Å². The van der Waals surface area contributed by atoms with Gasteiger partial charge >= 0.3 is 5.97 Å². The van der Waals surface area contributed by atoms with Gasteiger partial charge in [0.15, 0.2) is 6.61 Å². The Morgan fingerprint density at radius 1 is 1.06 bits per heavy atom. The first-order valence-corrected chi connectivity index (χ1v) is 14.0. The molecule has 0 aromatic rings. The normalized spacial score (nSPS) is 40.7. The minimum absolute atomic E-state index is 0.153. The number of esters is 1. The fraction of sp³-hybridized carbons (Fsp3) is 0.793. The number of ether oxygens (including phenoxy) is 1. The first-order valence-electron chi connectivity index (χ1n) is 14.0. The molecule has 0 bridgehead atoms. The van der Waals surface area contributed by atoms with E-state index in [4.69, 9.17) is 9.57 Å². The van der Waals surface area contributed by atoms with Gasteiger partial charge in [0.25, 0.3) is 5.91 Å². The van der Waals surface area contributed by atoms with Gasteiger partial charge in [-0.3, -0.25) is 9.59 Å². The highest BCUT2D eigenvalue weighted by Gasteiger charge is 2.59. The maximum atomic E-state index is 12.6. The standard InChI is InChI=1S/C29H42N2O5/c1-18(32)22-9-10-23-21-8-7-19-16-20(11-13-28(19,2)24(21)12-14-29(22,23)3)30-36-17-26(33)31-15-5-6-25(31)27(34)35-4/h16,21-25H,5-15,17H2,1-4H3/b30-20-/t21-,22-,23-,24-,25-,28+,29-/m1/s1. The van der Waals surface area contributed by atoms with Crippen LogP contribution in [-0.4, -0.2) is 54.6 Å². The van der Waals surface area contributed by atoms with Crippen molar-refractivity contribution in [2.24, 2.45) is 39.7 Å². The zero-order valence-electron chi connectivity index (χ0n) is 22.4. The number of hydrogen-bond donors (Lipinski definition) is 0. The van der Waals surface area contributed by atoms with Crippen LogP contribution < -0.4 is 0 Å². The van der Waals surface area contributed by atoms with E-state index in [0.717, 1.165) is 37.8 Å². The lowest BCUT2D eigenvalue weighted by molar-refractivity contribution is -0.152. The number of rotatable bonds is 5. The molecule has 1 aliphatic heterocycles. The van der Waals surface area contributed by atoms with Gasteiger partial charge in [-0.15, -0.1) is 0 Å². The predicted octanol–water partition coefficient (Wildman–Crippen LogP) is 4.69. The second-order valence-corrected chi connectivity index (χ2v) is 12.4. The summed E-state index contributed by atoms with van der Waals surface area (Å²) in [6.07, 6.45) is 12.5. The fourth-order valence-electron chi connectivity index (χ4n) is 9.01. The summed E-state index contributed by atoms with van der Waals surface area (Å²) in [7, 11) is 1.35. The van der Waals surface area contributed by atoms with Crippen molar-refractivity contribution in [3.05, 3.63) is 11.6 Å². The highest BCUT2D eigenvalue weighted by Crippen LogP contribution is 2.66. The van der Waals surface area contributed by atoms with Crippen LogP contribution in [0.1, 0.15) is 85.0 Å². The van der Waals surface area contributed by atoms with E-state index < -0.39 is 6.04 Å². The van der Waals surface area contributed by atoms with E-state index >= 15 is 0 Å². The molecule has 0 radical (unpaired) electrons. The van der Waals surface area contributed by atoms with Crippen LogP contribution in [0.15, 0.2) is 16.8 Å². The number of allylic oxidation sites excluding steroid dienone is 2. The lowest BCUT2D eigenvalue weighted by Crippen LogP contribution is -2.51. The average Bonchev–Trinajstić information content (AvgIpc) is 3.48. The second kappa shape index (κ2) is 9.60. The van der Waals surface area contributed by atoms with Crippen molar-refractivity contribution in [3.8, 4) is 0 Å². The first kappa shape index (κ1) is 25.5. The monoisotopic (exact) mass is 498 g/mol. The third-order valence-electron chi connectivity index (χ3n) is 10.9. The number of oxime groups is 1. The maximum Gasteiger partial charge on any atom is 0.328 e. The Bertz CT molecular complexity index is 988. The van der Waals surface area contributed by atoms with Crippen LogP contribution in [0, 0.1) is 34.5 Å². The van der Waals surface area contributed by atoms with E-state index in [2.05, 4.69) is 25.1 Å². The molecule has 7 nitrogen and oxygen atoms in total. The zero-order valence-corrected chi connectivity index (χ0v) is 22.4. The molecule has 0 spiro atoms. The summed E-state index contributed by atoms with van der Waals surface area (Å²) in [5.41, 5.74) is 2.78. The minimum Gasteiger partial charge on any atom is -0.467 e. The molecule has 36 heavy (non-hydrogen) atoms. The molecular formula is C29H42N2O5. The van der Waals surface area contributed by atoms with Crippen LogP contribution in [0.5, 0.6) is 0 Å². The fourth-order valence-corrected chi connectivity index (χ4v) is 9.01. The van der Waals surface area contributed by atoms with Crippen molar-refractivity contribution in [3.63, 3.8) is 0 Å². The lowest BCUT2D eigenvalue weighted by atomic mass is 9.46. The van der Waals surface area contributed by atoms with Crippen molar-refractivity contribution in [1.29, 1.82) is 0 Å². The number of methoxy groups -OCH3 is 1. The summed E-state index contributed by atoms with van der Waals surface area (Å²) in [5, 5.41) is 4.34. The second-order valence-electron chi connectivity index (χ2n) is 12.4. The quantitative estimate of drug-likeness (QED) is 0.405. The smallest absolute Gasteiger partial charge is 0.328 e. The Balaban J connectivity index is 1.23. The number of Topliss-reactive ketones (excluding diaryl/α,β-unsaturated/α-hetero) is 1. The molecule has 0 unspecified atom stereocenters. The van der Waals surface area contributed by atoms with Crippen LogP contribution in [0.2, 0.25) is 0 Å². The minimum atomic E-state index is -0.505. The van der Waals surface area contributed by atoms with E-state index in [-0.39, 0.29) is 35.2 Å². The molecule has 5 aliphatic rings. The number of hydrogen-bond acceptors (Lipinski definition) is 6. The summed E-state index contributed by atoms with van der Waals surface area (Å²) in [5.74, 6) is 2.13. The summed E-state index contributed by atoms with van der Waals surface area (Å²) in [4.78, 5) is 44.0. The molecular weight excluding hydrogens is 456 g/mol. The molecule has 4 fully saturated rings. The highest BCUT2D eigenvalue weighted by molar-refractivity contribution is 5.96. The van der Waals surface area contributed by atoms with Crippen LogP contribution in [-0.2, 0) is 24.0 Å². The summed E-state index contributed by atoms with van der Waals surface area (Å²) in [6.45, 7) is 7.06. The molecule has 1 saturated heterocycles. The van der Waals surface area contributed by atoms with Crippen molar-refractivity contribution in [1.82, 2.24) is 4.90 Å². The van der Waals surface area contributed by atoms with E-state index in [1.54, 1.807) is 11.8 Å². The number of amides is 1. The molecule has 0 N–H and O–H groups in total. The number of nitrogens with zero attached hydrogens (tertiary/aromatic N) is 2. The Hall–Kier alpha value is -2.18. The molecule has 5 rings (SSSR count). The van der Waals surface area contributed by atoms with Crippen LogP contribution >= 0.6 is 0 Å². The van der Waals surface area contributed by atoms with Gasteiger partial charge in [-0.2, -0.15) is 0 Å². The third kappa shape index (κ3) is 4.10. The SMILES string of the molecule is COC(=O)[C@H]1CCCN1C(=O)CO/N=C1\C=C2CC[C@@H]3[C@H]4CC[C@H](C(C)=O)[C@@]4(C)CC[C@H]3[C@@]2(C)CC1. The Kier molecular flexibility index (Phi) is 6.80. The number of ketones is 1. The molecule has 3 saturated carbocycles. The Morgan fingerprint density at radius 2 is 1.86 bits per heavy atom. The van der Waals surface area contributed by atoms with E-state index in [0.29, 0.717) is 36.5 Å². The predicted molar refractivity (Wildman–Crippen MR) is 136 cm³/mol. The maximum absolute atomic E-state index is 12.6. The molecule has 7 heteroatoms. The topological polar surface area (TPSA) is 85.3 Å².